The minimum Gasteiger partial charge on any atom is -0.846 e. The third kappa shape index (κ3) is 5.98. The Morgan fingerprint density at radius 3 is 1.89 bits per heavy atom. The smallest absolute Gasteiger partial charge is 0.846 e. The van der Waals surface area contributed by atoms with Crippen LogP contribution in [0.25, 0.3) is 0 Å². The minimum absolute atomic E-state index is 0. The summed E-state index contributed by atoms with van der Waals surface area (Å²) < 4.78 is 0. The van der Waals surface area contributed by atoms with Crippen molar-refractivity contribution in [1.82, 2.24) is 11.5 Å². The van der Waals surface area contributed by atoms with Crippen LogP contribution < -0.4 is 16.6 Å². The predicted molar refractivity (Wildman–Crippen MR) is 61.4 cm³/mol. The van der Waals surface area contributed by atoms with Gasteiger partial charge in [-0.1, -0.05) is 25.7 Å². The maximum absolute atomic E-state index is 11.5. The van der Waals surface area contributed by atoms with Crippen molar-refractivity contribution in [3.8, 4) is 0 Å². The molecular formula is C9H16N4O5Pt. The molecule has 1 aliphatic carbocycles. The van der Waals surface area contributed by atoms with Gasteiger partial charge in [-0.05, 0) is 12.8 Å². The number of nitrogens with one attached hydrogen (secondary N) is 1. The molecule has 1 heterocycles. The van der Waals surface area contributed by atoms with Crippen molar-refractivity contribution >= 4 is 11.9 Å². The number of nitrogens with zero attached hydrogens (tertiary/aromatic N) is 2. The molecule has 0 aromatic heterocycles. The maximum atomic E-state index is 11.5. The molecule has 0 saturated heterocycles. The molecule has 1 aliphatic heterocycles. The van der Waals surface area contributed by atoms with Crippen LogP contribution >= 0.6 is 0 Å². The summed E-state index contributed by atoms with van der Waals surface area (Å²) in [5, 5.41) is 28.0. The van der Waals surface area contributed by atoms with Crippen molar-refractivity contribution in [2.24, 2.45) is 4.99 Å². The van der Waals surface area contributed by atoms with Crippen molar-refractivity contribution in [1.29, 1.82) is 0 Å². The van der Waals surface area contributed by atoms with Gasteiger partial charge in [0.1, 0.15) is 5.54 Å². The Kier molecular flexibility index (Phi) is 9.33. The van der Waals surface area contributed by atoms with E-state index in [2.05, 4.69) is 10.3 Å². The van der Waals surface area contributed by atoms with E-state index < -0.39 is 16.6 Å². The van der Waals surface area contributed by atoms with Crippen LogP contribution in [0.15, 0.2) is 4.99 Å². The van der Waals surface area contributed by atoms with Crippen LogP contribution in [0.5, 0.6) is 0 Å². The summed E-state index contributed by atoms with van der Waals surface area (Å²) in [7, 11) is 0. The minimum atomic E-state index is -1.75. The van der Waals surface area contributed by atoms with Crippen LogP contribution in [0.2, 0.25) is 0 Å². The first-order valence-corrected chi connectivity index (χ1v) is 5.36. The Morgan fingerprint density at radius 1 is 1.16 bits per heavy atom. The normalized spacial score (nSPS) is 19.6. The number of amidine groups is 1. The van der Waals surface area contributed by atoms with Crippen LogP contribution in [0.4, 0.5) is 0 Å². The van der Waals surface area contributed by atoms with Crippen molar-refractivity contribution in [3.05, 3.63) is 15.3 Å². The van der Waals surface area contributed by atoms with E-state index in [0.717, 1.165) is 38.5 Å². The molecule has 19 heavy (non-hydrogen) atoms. The summed E-state index contributed by atoms with van der Waals surface area (Å²) in [6.07, 6.45) is 5.79. The second kappa shape index (κ2) is 8.82. The first kappa shape index (κ1) is 20.1. The van der Waals surface area contributed by atoms with Gasteiger partial charge in [0, 0.05) is 0 Å². The first-order valence-electron chi connectivity index (χ1n) is 5.36. The van der Waals surface area contributed by atoms with Crippen LogP contribution in [-0.4, -0.2) is 22.6 Å². The summed E-state index contributed by atoms with van der Waals surface area (Å²) in [4.78, 5) is 23.7. The van der Waals surface area contributed by atoms with Gasteiger partial charge >= 0.3 is 21.1 Å². The molecule has 4 N–H and O–H groups in total. The van der Waals surface area contributed by atoms with E-state index in [1.165, 1.54) is 0 Å². The quantitative estimate of drug-likeness (QED) is 0.381. The third-order valence-corrected chi connectivity index (χ3v) is 2.89. The fourth-order valence-electron chi connectivity index (χ4n) is 2.14. The average Bonchev–Trinajstić information content (AvgIpc) is 2.38. The number of hydrogen-bond acceptors (Lipinski definition) is 7. The Balaban J connectivity index is 0. The van der Waals surface area contributed by atoms with Crippen molar-refractivity contribution < 1.29 is 36.1 Å². The van der Waals surface area contributed by atoms with E-state index in [1.54, 1.807) is 0 Å². The predicted octanol–water partition coefficient (Wildman–Crippen LogP) is -0.154. The monoisotopic (exact) mass is 455 g/mol. The van der Waals surface area contributed by atoms with Gasteiger partial charge in [0.2, 0.25) is 0 Å². The first-order chi connectivity index (χ1) is 7.96. The molecule has 1 fully saturated rings. The molecule has 0 aromatic carbocycles. The number of carbonyl (C=O) groups excluding carboxylic acids is 1. The fraction of sp³-hybridized carbons (Fsp3) is 0.778. The SMILES string of the molecule is N.O=C1NC([O-])=NC12CCCCCC2.O=[N+]([O-])[O-].[Pt+2]. The molecule has 112 valence electrons. The number of aliphatic imine (C=N–C) groups is 1. The zero-order valence-electron chi connectivity index (χ0n) is 10.2. The summed E-state index contributed by atoms with van der Waals surface area (Å²) in [5.41, 5.74) is -0.687. The van der Waals surface area contributed by atoms with E-state index in [1.807, 2.05) is 0 Å². The van der Waals surface area contributed by atoms with E-state index in [4.69, 9.17) is 15.3 Å². The van der Waals surface area contributed by atoms with Crippen LogP contribution in [0.3, 0.4) is 0 Å². The van der Waals surface area contributed by atoms with Crippen molar-refractivity contribution in [2.45, 2.75) is 44.1 Å². The average molecular weight is 455 g/mol. The molecule has 10 heteroatoms. The summed E-state index contributed by atoms with van der Waals surface area (Å²) in [6, 6.07) is -0.452. The van der Waals surface area contributed by atoms with Crippen LogP contribution in [0, 0.1) is 15.3 Å². The number of carbonyl (C=O) groups is 1. The van der Waals surface area contributed by atoms with Gasteiger partial charge in [-0.3, -0.25) is 9.79 Å². The van der Waals surface area contributed by atoms with Gasteiger partial charge in [-0.25, -0.2) is 0 Å². The molecule has 0 bridgehead atoms. The summed E-state index contributed by atoms with van der Waals surface area (Å²) in [6.45, 7) is 0. The number of amides is 1. The molecule has 1 saturated carbocycles. The van der Waals surface area contributed by atoms with Crippen molar-refractivity contribution in [3.63, 3.8) is 0 Å². The largest absolute Gasteiger partial charge is 2.00 e. The zero-order valence-corrected chi connectivity index (χ0v) is 12.5. The molecule has 0 unspecified atom stereocenters. The second-order valence-corrected chi connectivity index (χ2v) is 4.04. The molecule has 0 aromatic rings. The second-order valence-electron chi connectivity index (χ2n) is 4.04. The van der Waals surface area contributed by atoms with Crippen LogP contribution in [-0.2, 0) is 25.9 Å². The van der Waals surface area contributed by atoms with Gasteiger partial charge in [0.25, 0.3) is 5.91 Å². The van der Waals surface area contributed by atoms with Gasteiger partial charge < -0.3 is 31.9 Å². The van der Waals surface area contributed by atoms with Gasteiger partial charge in [-0.2, -0.15) is 0 Å². The topological polar surface area (TPSA) is 166 Å². The van der Waals surface area contributed by atoms with E-state index in [9.17, 15) is 9.90 Å². The summed E-state index contributed by atoms with van der Waals surface area (Å²) in [5.74, 6) is -0.181. The molecule has 0 radical (unpaired) electrons. The fourth-order valence-corrected chi connectivity index (χ4v) is 2.14. The maximum Gasteiger partial charge on any atom is 2.00 e. The van der Waals surface area contributed by atoms with Crippen molar-refractivity contribution in [2.75, 3.05) is 0 Å². The van der Waals surface area contributed by atoms with Crippen LogP contribution in [0.1, 0.15) is 38.5 Å². The van der Waals surface area contributed by atoms with E-state index >= 15 is 0 Å². The van der Waals surface area contributed by atoms with E-state index in [-0.39, 0.29) is 33.1 Å². The Labute approximate surface area is 124 Å². The summed E-state index contributed by atoms with van der Waals surface area (Å²) >= 11 is 0. The molecule has 1 spiro atoms. The Hall–Kier alpha value is -1.21. The standard InChI is InChI=1S/C9H14N2O2.NO3.H3N.Pt/c12-7-9(11-8(13)10-7)5-3-1-2-4-6-9;2-1(3)4;;/h1-6H2,(H2,10,11,12,13);;1H3;/q;-1;;+2/p-1. The number of rotatable bonds is 0. The van der Waals surface area contributed by atoms with Gasteiger partial charge in [-0.15, -0.1) is 0 Å². The van der Waals surface area contributed by atoms with Gasteiger partial charge in [0.15, 0.2) is 0 Å². The third-order valence-electron chi connectivity index (χ3n) is 2.89. The Morgan fingerprint density at radius 2 is 1.58 bits per heavy atom. The molecule has 2 rings (SSSR count). The Bertz CT molecular complexity index is 338. The molecule has 2 aliphatic rings. The number of hydrogen-bond donors (Lipinski definition) is 2. The molecule has 1 amide bonds. The zero-order chi connectivity index (χ0) is 12.9. The molecule has 0 atom stereocenters. The molecular weight excluding hydrogens is 439 g/mol. The van der Waals surface area contributed by atoms with Gasteiger partial charge in [0.05, 0.1) is 11.1 Å². The molecule has 9 nitrogen and oxygen atoms in total. The van der Waals surface area contributed by atoms with E-state index in [0.29, 0.717) is 0 Å².